The lowest BCUT2D eigenvalue weighted by Crippen LogP contribution is -2.13. The van der Waals surface area contributed by atoms with Crippen molar-refractivity contribution < 1.29 is 9.53 Å². The van der Waals surface area contributed by atoms with E-state index in [0.717, 1.165) is 29.9 Å². The van der Waals surface area contributed by atoms with Gasteiger partial charge in [-0.3, -0.25) is 4.79 Å². The molecule has 0 atom stereocenters. The zero-order valence-electron chi connectivity index (χ0n) is 8.62. The van der Waals surface area contributed by atoms with Crippen LogP contribution in [0.5, 0.6) is 5.75 Å². The lowest BCUT2D eigenvalue weighted by Gasteiger charge is -2.00. The normalized spacial score (nSPS) is 17.9. The zero-order chi connectivity index (χ0) is 10.7. The van der Waals surface area contributed by atoms with Crippen molar-refractivity contribution >= 4 is 12.0 Å². The molecule has 1 amide bonds. The molecule has 0 bridgehead atoms. The Bertz CT molecular complexity index is 393. The lowest BCUT2D eigenvalue weighted by atomic mass is 10.1. The van der Waals surface area contributed by atoms with Crippen LogP contribution in [0.25, 0.3) is 6.08 Å². The molecule has 1 N–H and O–H groups in total. The van der Waals surface area contributed by atoms with E-state index in [9.17, 15) is 4.79 Å². The van der Waals surface area contributed by atoms with Crippen LogP contribution >= 0.6 is 0 Å². The van der Waals surface area contributed by atoms with E-state index in [1.807, 2.05) is 30.3 Å². The van der Waals surface area contributed by atoms with Gasteiger partial charge in [0.25, 0.3) is 0 Å². The third kappa shape index (κ3) is 2.18. The zero-order valence-corrected chi connectivity index (χ0v) is 8.62. The first-order valence-corrected chi connectivity index (χ1v) is 4.92. The third-order valence-electron chi connectivity index (χ3n) is 2.43. The minimum absolute atomic E-state index is 0.0471. The Balaban J connectivity index is 2.20. The first-order chi connectivity index (χ1) is 7.29. The molecule has 1 heterocycles. The summed E-state index contributed by atoms with van der Waals surface area (Å²) in [5.74, 6) is 0.874. The highest BCUT2D eigenvalue weighted by Crippen LogP contribution is 2.16. The Hall–Kier alpha value is -1.77. The Morgan fingerprint density at radius 3 is 2.60 bits per heavy atom. The maximum atomic E-state index is 11.3. The fraction of sp³-hybridized carbons (Fsp3) is 0.250. The van der Waals surface area contributed by atoms with Crippen molar-refractivity contribution in [3.05, 3.63) is 35.4 Å². The van der Waals surface area contributed by atoms with Crippen LogP contribution in [0.2, 0.25) is 0 Å². The van der Waals surface area contributed by atoms with Gasteiger partial charge in [-0.25, -0.2) is 0 Å². The monoisotopic (exact) mass is 203 g/mol. The number of ether oxygens (including phenoxy) is 1. The number of nitrogens with one attached hydrogen (secondary N) is 1. The molecule has 78 valence electrons. The van der Waals surface area contributed by atoms with Crippen LogP contribution in [0.3, 0.4) is 0 Å². The van der Waals surface area contributed by atoms with Crippen molar-refractivity contribution in [3.8, 4) is 5.75 Å². The quantitative estimate of drug-likeness (QED) is 0.741. The minimum Gasteiger partial charge on any atom is -0.497 e. The number of benzene rings is 1. The SMILES string of the molecule is COc1ccc(/C=C2\CCNC2=O)cc1. The van der Waals surface area contributed by atoms with E-state index in [2.05, 4.69) is 5.32 Å². The molecule has 1 aromatic rings. The number of hydrogen-bond donors (Lipinski definition) is 1. The lowest BCUT2D eigenvalue weighted by molar-refractivity contribution is -0.116. The molecule has 0 aliphatic carbocycles. The number of hydrogen-bond acceptors (Lipinski definition) is 2. The number of carbonyl (C=O) groups is 1. The van der Waals surface area contributed by atoms with Crippen molar-refractivity contribution in [1.29, 1.82) is 0 Å². The number of rotatable bonds is 2. The first-order valence-electron chi connectivity index (χ1n) is 4.92. The molecule has 3 heteroatoms. The van der Waals surface area contributed by atoms with Gasteiger partial charge in [0.15, 0.2) is 0 Å². The Kier molecular flexibility index (Phi) is 2.72. The van der Waals surface area contributed by atoms with E-state index in [0.29, 0.717) is 0 Å². The van der Waals surface area contributed by atoms with Crippen molar-refractivity contribution in [2.24, 2.45) is 0 Å². The predicted molar refractivity (Wildman–Crippen MR) is 58.6 cm³/mol. The molecule has 0 aromatic heterocycles. The number of methoxy groups -OCH3 is 1. The van der Waals surface area contributed by atoms with Gasteiger partial charge in [0, 0.05) is 12.1 Å². The van der Waals surface area contributed by atoms with Crippen molar-refractivity contribution in [2.45, 2.75) is 6.42 Å². The Labute approximate surface area is 88.8 Å². The van der Waals surface area contributed by atoms with Crippen LogP contribution in [-0.2, 0) is 4.79 Å². The van der Waals surface area contributed by atoms with E-state index in [-0.39, 0.29) is 5.91 Å². The highest BCUT2D eigenvalue weighted by molar-refractivity contribution is 5.99. The Morgan fingerprint density at radius 2 is 2.07 bits per heavy atom. The number of amides is 1. The van der Waals surface area contributed by atoms with Crippen LogP contribution in [0.4, 0.5) is 0 Å². The van der Waals surface area contributed by atoms with Gasteiger partial charge in [-0.05, 0) is 30.2 Å². The smallest absolute Gasteiger partial charge is 0.247 e. The van der Waals surface area contributed by atoms with Crippen LogP contribution in [-0.4, -0.2) is 19.6 Å². The van der Waals surface area contributed by atoms with Gasteiger partial charge in [0.05, 0.1) is 7.11 Å². The molecule has 1 aliphatic heterocycles. The summed E-state index contributed by atoms with van der Waals surface area (Å²) >= 11 is 0. The summed E-state index contributed by atoms with van der Waals surface area (Å²) in [6, 6.07) is 7.66. The van der Waals surface area contributed by atoms with Gasteiger partial charge in [-0.15, -0.1) is 0 Å². The van der Waals surface area contributed by atoms with Gasteiger partial charge in [-0.2, -0.15) is 0 Å². The van der Waals surface area contributed by atoms with Crippen LogP contribution in [0.15, 0.2) is 29.8 Å². The minimum atomic E-state index is 0.0471. The van der Waals surface area contributed by atoms with Crippen LogP contribution in [0, 0.1) is 0 Å². The van der Waals surface area contributed by atoms with E-state index in [1.54, 1.807) is 7.11 Å². The van der Waals surface area contributed by atoms with Crippen molar-refractivity contribution in [1.82, 2.24) is 5.32 Å². The topological polar surface area (TPSA) is 38.3 Å². The van der Waals surface area contributed by atoms with E-state index >= 15 is 0 Å². The molecule has 1 aliphatic rings. The number of carbonyl (C=O) groups excluding carboxylic acids is 1. The second kappa shape index (κ2) is 4.17. The first kappa shape index (κ1) is 9.77. The van der Waals surface area contributed by atoms with Crippen molar-refractivity contribution in [3.63, 3.8) is 0 Å². The standard InChI is InChI=1S/C12H13NO2/c1-15-11-4-2-9(3-5-11)8-10-6-7-13-12(10)14/h2-5,8H,6-7H2,1H3,(H,13,14)/b10-8+. The van der Waals surface area contributed by atoms with E-state index < -0.39 is 0 Å². The fourth-order valence-corrected chi connectivity index (χ4v) is 1.58. The fourth-order valence-electron chi connectivity index (χ4n) is 1.58. The average molecular weight is 203 g/mol. The molecule has 1 saturated heterocycles. The average Bonchev–Trinajstić information content (AvgIpc) is 2.66. The molecular formula is C12H13NO2. The molecule has 2 rings (SSSR count). The molecule has 15 heavy (non-hydrogen) atoms. The van der Waals surface area contributed by atoms with E-state index in [1.165, 1.54) is 0 Å². The molecule has 0 radical (unpaired) electrons. The molecule has 1 fully saturated rings. The second-order valence-electron chi connectivity index (χ2n) is 3.45. The summed E-state index contributed by atoms with van der Waals surface area (Å²) in [7, 11) is 1.64. The van der Waals surface area contributed by atoms with Gasteiger partial charge >= 0.3 is 0 Å². The summed E-state index contributed by atoms with van der Waals surface area (Å²) < 4.78 is 5.06. The summed E-state index contributed by atoms with van der Waals surface area (Å²) in [5, 5.41) is 2.78. The maximum Gasteiger partial charge on any atom is 0.247 e. The highest BCUT2D eigenvalue weighted by Gasteiger charge is 2.15. The van der Waals surface area contributed by atoms with Gasteiger partial charge in [0.1, 0.15) is 5.75 Å². The molecule has 3 nitrogen and oxygen atoms in total. The second-order valence-corrected chi connectivity index (χ2v) is 3.45. The molecule has 0 spiro atoms. The van der Waals surface area contributed by atoms with E-state index in [4.69, 9.17) is 4.74 Å². The van der Waals surface area contributed by atoms with Gasteiger partial charge in [-0.1, -0.05) is 12.1 Å². The van der Waals surface area contributed by atoms with Gasteiger partial charge < -0.3 is 10.1 Å². The summed E-state index contributed by atoms with van der Waals surface area (Å²) in [6.07, 6.45) is 2.73. The van der Waals surface area contributed by atoms with Crippen LogP contribution in [0.1, 0.15) is 12.0 Å². The summed E-state index contributed by atoms with van der Waals surface area (Å²) in [4.78, 5) is 11.3. The van der Waals surface area contributed by atoms with Crippen LogP contribution < -0.4 is 10.1 Å². The molecule has 0 saturated carbocycles. The molecule has 0 unspecified atom stereocenters. The molecular weight excluding hydrogens is 190 g/mol. The predicted octanol–water partition coefficient (Wildman–Crippen LogP) is 1.60. The molecule has 1 aromatic carbocycles. The highest BCUT2D eigenvalue weighted by atomic mass is 16.5. The summed E-state index contributed by atoms with van der Waals surface area (Å²) in [6.45, 7) is 0.751. The maximum absolute atomic E-state index is 11.3. The van der Waals surface area contributed by atoms with Gasteiger partial charge in [0.2, 0.25) is 5.91 Å². The Morgan fingerprint density at radius 1 is 1.33 bits per heavy atom. The summed E-state index contributed by atoms with van der Waals surface area (Å²) in [5.41, 5.74) is 1.88. The largest absolute Gasteiger partial charge is 0.497 e. The third-order valence-corrected chi connectivity index (χ3v) is 2.43. The van der Waals surface area contributed by atoms with Crippen molar-refractivity contribution in [2.75, 3.05) is 13.7 Å².